The van der Waals surface area contributed by atoms with Crippen molar-refractivity contribution in [2.45, 2.75) is 12.8 Å². The zero-order valence-electron chi connectivity index (χ0n) is 9.52. The molecular formula is C10H20N2O2S. The van der Waals surface area contributed by atoms with Gasteiger partial charge in [0.1, 0.15) is 0 Å². The van der Waals surface area contributed by atoms with Gasteiger partial charge in [0.25, 0.3) is 0 Å². The second-order valence-electron chi connectivity index (χ2n) is 5.00. The lowest BCUT2D eigenvalue weighted by Gasteiger charge is -2.21. The Morgan fingerprint density at radius 3 is 2.47 bits per heavy atom. The number of hydrogen-bond donors (Lipinski definition) is 0. The van der Waals surface area contributed by atoms with Crippen LogP contribution in [0.3, 0.4) is 0 Å². The van der Waals surface area contributed by atoms with Crippen LogP contribution >= 0.6 is 0 Å². The molecular weight excluding hydrogens is 212 g/mol. The molecule has 4 nitrogen and oxygen atoms in total. The third kappa shape index (κ3) is 2.52. The first-order valence-electron chi connectivity index (χ1n) is 5.60. The van der Waals surface area contributed by atoms with E-state index in [4.69, 9.17) is 0 Å². The second-order valence-corrected chi connectivity index (χ2v) is 6.99. The van der Waals surface area contributed by atoms with Gasteiger partial charge in [-0.15, -0.1) is 0 Å². The van der Waals surface area contributed by atoms with E-state index in [0.717, 1.165) is 32.6 Å². The normalized spacial score (nSPS) is 35.1. The molecule has 2 rings (SSSR count). The first-order chi connectivity index (χ1) is 6.97. The zero-order valence-corrected chi connectivity index (χ0v) is 10.3. The van der Waals surface area contributed by atoms with E-state index in [1.54, 1.807) is 4.31 Å². The molecule has 2 atom stereocenters. The maximum Gasteiger partial charge on any atom is 0.211 e. The van der Waals surface area contributed by atoms with Gasteiger partial charge in [-0.3, -0.25) is 0 Å². The van der Waals surface area contributed by atoms with Gasteiger partial charge < -0.3 is 4.90 Å². The van der Waals surface area contributed by atoms with Crippen LogP contribution in [0.1, 0.15) is 12.8 Å². The lowest BCUT2D eigenvalue weighted by Crippen LogP contribution is -2.35. The van der Waals surface area contributed by atoms with E-state index in [2.05, 4.69) is 11.9 Å². The Hall–Kier alpha value is -0.130. The van der Waals surface area contributed by atoms with Gasteiger partial charge in [-0.25, -0.2) is 12.7 Å². The molecule has 2 heterocycles. The van der Waals surface area contributed by atoms with E-state index in [1.165, 1.54) is 12.7 Å². The molecule has 0 aromatic heterocycles. The molecule has 5 heteroatoms. The zero-order chi connectivity index (χ0) is 11.1. The van der Waals surface area contributed by atoms with Crippen molar-refractivity contribution in [1.29, 1.82) is 0 Å². The van der Waals surface area contributed by atoms with Gasteiger partial charge in [-0.05, 0) is 31.7 Å². The third-order valence-electron chi connectivity index (χ3n) is 3.65. The van der Waals surface area contributed by atoms with Crippen molar-refractivity contribution in [2.24, 2.45) is 11.8 Å². The molecule has 0 aromatic rings. The average molecular weight is 232 g/mol. The summed E-state index contributed by atoms with van der Waals surface area (Å²) in [5.41, 5.74) is 0. The first-order valence-corrected chi connectivity index (χ1v) is 7.45. The topological polar surface area (TPSA) is 40.6 Å². The van der Waals surface area contributed by atoms with Crippen molar-refractivity contribution in [3.05, 3.63) is 0 Å². The minimum absolute atomic E-state index is 0.548. The van der Waals surface area contributed by atoms with E-state index in [-0.39, 0.29) is 0 Å². The highest BCUT2D eigenvalue weighted by molar-refractivity contribution is 7.88. The molecule has 0 amide bonds. The molecule has 0 aromatic carbocycles. The Morgan fingerprint density at radius 1 is 1.13 bits per heavy atom. The van der Waals surface area contributed by atoms with Gasteiger partial charge in [-0.1, -0.05) is 0 Å². The van der Waals surface area contributed by atoms with Crippen molar-refractivity contribution in [1.82, 2.24) is 9.21 Å². The molecule has 0 N–H and O–H groups in total. The molecule has 0 spiro atoms. The Morgan fingerprint density at radius 2 is 1.80 bits per heavy atom. The van der Waals surface area contributed by atoms with Gasteiger partial charge in [0.05, 0.1) is 6.26 Å². The highest BCUT2D eigenvalue weighted by Gasteiger charge is 2.35. The predicted molar refractivity (Wildman–Crippen MR) is 60.1 cm³/mol. The van der Waals surface area contributed by atoms with Crippen LogP contribution in [0.15, 0.2) is 0 Å². The van der Waals surface area contributed by atoms with Gasteiger partial charge in [0.2, 0.25) is 10.0 Å². The van der Waals surface area contributed by atoms with Crippen molar-refractivity contribution in [2.75, 3.05) is 39.5 Å². The van der Waals surface area contributed by atoms with Crippen molar-refractivity contribution in [3.63, 3.8) is 0 Å². The third-order valence-corrected chi connectivity index (χ3v) is 4.92. The van der Waals surface area contributed by atoms with Crippen LogP contribution in [0.5, 0.6) is 0 Å². The second kappa shape index (κ2) is 4.03. The molecule has 0 aliphatic carbocycles. The maximum absolute atomic E-state index is 11.5. The molecule has 0 radical (unpaired) electrons. The van der Waals surface area contributed by atoms with Crippen LogP contribution in [0.2, 0.25) is 0 Å². The van der Waals surface area contributed by atoms with Crippen LogP contribution in [0.4, 0.5) is 0 Å². The summed E-state index contributed by atoms with van der Waals surface area (Å²) in [5.74, 6) is 1.26. The SMILES string of the molecule is CN1CC2CCCN(S(C)(=O)=O)CC2C1. The molecule has 0 saturated carbocycles. The smallest absolute Gasteiger partial charge is 0.211 e. The Balaban J connectivity index is 2.09. The van der Waals surface area contributed by atoms with Crippen LogP contribution in [-0.2, 0) is 10.0 Å². The summed E-state index contributed by atoms with van der Waals surface area (Å²) in [5, 5.41) is 0. The van der Waals surface area contributed by atoms with Gasteiger partial charge in [-0.2, -0.15) is 0 Å². The Bertz CT molecular complexity index is 328. The number of sulfonamides is 1. The van der Waals surface area contributed by atoms with E-state index in [1.807, 2.05) is 0 Å². The molecule has 0 bridgehead atoms. The number of fused-ring (bicyclic) bond motifs is 1. The standard InChI is InChI=1S/C10H20N2O2S/c1-11-6-9-4-3-5-12(15(2,13)14)8-10(9)7-11/h9-10H,3-8H2,1-2H3. The summed E-state index contributed by atoms with van der Waals surface area (Å²) >= 11 is 0. The number of nitrogens with zero attached hydrogens (tertiary/aromatic N) is 2. The van der Waals surface area contributed by atoms with Crippen molar-refractivity contribution in [3.8, 4) is 0 Å². The summed E-state index contributed by atoms with van der Waals surface area (Å²) in [7, 11) is -0.866. The van der Waals surface area contributed by atoms with Crippen LogP contribution in [0.25, 0.3) is 0 Å². The van der Waals surface area contributed by atoms with E-state index < -0.39 is 10.0 Å². The Labute approximate surface area is 92.3 Å². The molecule has 15 heavy (non-hydrogen) atoms. The van der Waals surface area contributed by atoms with Gasteiger partial charge in [0, 0.05) is 26.2 Å². The van der Waals surface area contributed by atoms with Crippen LogP contribution in [-0.4, -0.2) is 57.1 Å². The number of rotatable bonds is 1. The van der Waals surface area contributed by atoms with E-state index in [9.17, 15) is 8.42 Å². The lowest BCUT2D eigenvalue weighted by molar-refractivity contribution is 0.337. The quantitative estimate of drug-likeness (QED) is 0.649. The van der Waals surface area contributed by atoms with E-state index in [0.29, 0.717) is 11.8 Å². The first kappa shape index (κ1) is 11.4. The van der Waals surface area contributed by atoms with Crippen LogP contribution in [0, 0.1) is 11.8 Å². The highest BCUT2D eigenvalue weighted by atomic mass is 32.2. The fourth-order valence-electron chi connectivity index (χ4n) is 2.89. The van der Waals surface area contributed by atoms with Gasteiger partial charge in [0.15, 0.2) is 0 Å². The Kier molecular flexibility index (Phi) is 3.05. The van der Waals surface area contributed by atoms with Crippen molar-refractivity contribution < 1.29 is 8.42 Å². The minimum Gasteiger partial charge on any atom is -0.306 e. The molecule has 2 saturated heterocycles. The summed E-state index contributed by atoms with van der Waals surface area (Å²) in [4.78, 5) is 2.32. The van der Waals surface area contributed by atoms with Crippen LogP contribution < -0.4 is 0 Å². The number of hydrogen-bond acceptors (Lipinski definition) is 3. The largest absolute Gasteiger partial charge is 0.306 e. The summed E-state index contributed by atoms with van der Waals surface area (Å²) in [6.07, 6.45) is 3.52. The van der Waals surface area contributed by atoms with E-state index >= 15 is 0 Å². The minimum atomic E-state index is -2.99. The number of likely N-dealkylation sites (tertiary alicyclic amines) is 1. The summed E-state index contributed by atoms with van der Waals surface area (Å²) < 4.78 is 24.7. The molecule has 2 fully saturated rings. The highest BCUT2D eigenvalue weighted by Crippen LogP contribution is 2.30. The van der Waals surface area contributed by atoms with Crippen molar-refractivity contribution >= 4 is 10.0 Å². The fraction of sp³-hybridized carbons (Fsp3) is 1.00. The van der Waals surface area contributed by atoms with Gasteiger partial charge >= 0.3 is 0 Å². The average Bonchev–Trinajstić information content (AvgIpc) is 2.30. The predicted octanol–water partition coefficient (Wildman–Crippen LogP) is 0.220. The molecule has 2 aliphatic rings. The molecule has 2 unspecified atom stereocenters. The fourth-order valence-corrected chi connectivity index (χ4v) is 3.81. The summed E-state index contributed by atoms with van der Waals surface area (Å²) in [6, 6.07) is 0. The monoisotopic (exact) mass is 232 g/mol. The molecule has 2 aliphatic heterocycles. The maximum atomic E-state index is 11.5. The molecule has 88 valence electrons. The summed E-state index contributed by atoms with van der Waals surface area (Å²) in [6.45, 7) is 3.64. The lowest BCUT2D eigenvalue weighted by atomic mass is 9.93.